The van der Waals surface area contributed by atoms with Gasteiger partial charge < -0.3 is 0 Å². The Morgan fingerprint density at radius 2 is 0.810 bits per heavy atom. The van der Waals surface area contributed by atoms with E-state index >= 15 is 5.73 Å². The van der Waals surface area contributed by atoms with Crippen molar-refractivity contribution < 1.29 is 7.15 Å². The molecule has 0 heterocycles. The van der Waals surface area contributed by atoms with Crippen molar-refractivity contribution >= 4 is 38.7 Å². The maximum absolute atomic E-state index is 15.3. The Bertz CT molecular complexity index is 212. The molecular weight excluding hydrogens is 484 g/mol. The Hall–Kier alpha value is 1.42. The summed E-state index contributed by atoms with van der Waals surface area (Å²) >= 11 is -8.27. The standard InChI is InChI=1S/4C4H9.2FH.O.2Sn/c4*1-3-4-2;;;;;/h4*1,3-4H2,2H3;2*1H;;;/q;;;;;;;2*+1/p-2. The van der Waals surface area contributed by atoms with Crippen LogP contribution in [0.4, 0.5) is 5.73 Å². The van der Waals surface area contributed by atoms with Crippen molar-refractivity contribution in [3.05, 3.63) is 0 Å². The minimum atomic E-state index is -4.13. The number of rotatable bonds is 14. The molecule has 0 atom stereocenters. The molecule has 0 aliphatic heterocycles. The second kappa shape index (κ2) is 12.8. The van der Waals surface area contributed by atoms with Gasteiger partial charge >= 0.3 is 143 Å². The van der Waals surface area contributed by atoms with Gasteiger partial charge in [0.05, 0.1) is 0 Å². The zero-order valence-corrected chi connectivity index (χ0v) is 20.4. The SMILES string of the molecule is CCC[CH2][Sn]([F])([CH2]CCC)[O][Sn]([F])([CH2]CCC)[CH2]CCC. The van der Waals surface area contributed by atoms with E-state index in [1.807, 2.05) is 0 Å². The molecule has 1 nitrogen and oxygen atoms in total. The van der Waals surface area contributed by atoms with Crippen molar-refractivity contribution in [2.75, 3.05) is 0 Å². The van der Waals surface area contributed by atoms with E-state index in [9.17, 15) is 0 Å². The average Bonchev–Trinajstić information content (AvgIpc) is 2.47. The van der Waals surface area contributed by atoms with Crippen molar-refractivity contribution in [1.29, 1.82) is 0 Å². The van der Waals surface area contributed by atoms with E-state index in [0.717, 1.165) is 51.4 Å². The maximum atomic E-state index is 15.3. The number of unbranched alkanes of at least 4 members (excludes halogenated alkanes) is 4. The first-order valence-corrected chi connectivity index (χ1v) is 21.6. The van der Waals surface area contributed by atoms with Gasteiger partial charge in [0.2, 0.25) is 0 Å². The summed E-state index contributed by atoms with van der Waals surface area (Å²) in [5, 5.41) is 0. The van der Waals surface area contributed by atoms with Crippen LogP contribution in [-0.2, 0) is 1.41 Å². The normalized spacial score (nSPS) is 12.9. The van der Waals surface area contributed by atoms with Gasteiger partial charge in [0.25, 0.3) is 0 Å². The molecule has 0 unspecified atom stereocenters. The van der Waals surface area contributed by atoms with Crippen molar-refractivity contribution in [2.45, 2.75) is 96.8 Å². The molecule has 0 aromatic rings. The van der Waals surface area contributed by atoms with E-state index in [-0.39, 0.29) is 0 Å². The van der Waals surface area contributed by atoms with E-state index in [2.05, 4.69) is 27.7 Å². The fourth-order valence-electron chi connectivity index (χ4n) is 2.54. The Kier molecular flexibility index (Phi) is 13.7. The van der Waals surface area contributed by atoms with Crippen LogP contribution in [0.2, 0.25) is 17.7 Å². The van der Waals surface area contributed by atoms with Crippen LogP contribution >= 0.6 is 0 Å². The molecule has 0 amide bonds. The predicted molar refractivity (Wildman–Crippen MR) is 93.7 cm³/mol. The molecular formula is C16H36F2OSn2. The minimum absolute atomic E-state index is 0.575. The molecule has 21 heavy (non-hydrogen) atoms. The van der Waals surface area contributed by atoms with E-state index in [4.69, 9.17) is 1.41 Å². The molecule has 0 fully saturated rings. The molecule has 0 rings (SSSR count). The molecule has 0 radical (unpaired) electrons. The molecule has 128 valence electrons. The monoisotopic (exact) mass is 522 g/mol. The molecule has 0 saturated carbocycles. The van der Waals surface area contributed by atoms with Gasteiger partial charge in [-0.25, -0.2) is 0 Å². The molecule has 0 saturated heterocycles. The molecule has 0 aromatic carbocycles. The van der Waals surface area contributed by atoms with Gasteiger partial charge in [0, 0.05) is 0 Å². The van der Waals surface area contributed by atoms with Gasteiger partial charge in [-0.2, -0.15) is 0 Å². The summed E-state index contributed by atoms with van der Waals surface area (Å²) < 4.78 is 38.9. The van der Waals surface area contributed by atoms with Gasteiger partial charge in [0.1, 0.15) is 0 Å². The average molecular weight is 520 g/mol. The first-order chi connectivity index (χ1) is 9.95. The van der Waals surface area contributed by atoms with E-state index < -0.39 is 38.7 Å². The quantitative estimate of drug-likeness (QED) is 0.224. The molecule has 0 aliphatic rings. The first kappa shape index (κ1) is 22.4. The van der Waals surface area contributed by atoms with Gasteiger partial charge in [-0.1, -0.05) is 0 Å². The molecule has 0 bridgehead atoms. The fourth-order valence-corrected chi connectivity index (χ4v) is 37.4. The van der Waals surface area contributed by atoms with Crippen LogP contribution in [0, 0.1) is 0 Å². The van der Waals surface area contributed by atoms with Crippen molar-refractivity contribution in [1.82, 2.24) is 0 Å². The molecule has 0 N–H and O–H groups in total. The summed E-state index contributed by atoms with van der Waals surface area (Å²) in [5.74, 6) is 0. The zero-order valence-electron chi connectivity index (χ0n) is 14.6. The third-order valence-corrected chi connectivity index (χ3v) is 32.6. The number of hydrogen-bond acceptors (Lipinski definition) is 1. The Morgan fingerprint density at radius 3 is 1.00 bits per heavy atom. The summed E-state index contributed by atoms with van der Waals surface area (Å²) in [6, 6.07) is 0. The molecule has 0 spiro atoms. The van der Waals surface area contributed by atoms with E-state index in [0.29, 0.717) is 17.7 Å². The number of hydrogen-bond donors (Lipinski definition) is 0. The van der Waals surface area contributed by atoms with Crippen LogP contribution in [0.3, 0.4) is 0 Å². The summed E-state index contributed by atoms with van der Waals surface area (Å²) in [5.41, 5.74) is 0. The zero-order chi connectivity index (χ0) is 16.2. The summed E-state index contributed by atoms with van der Waals surface area (Å²) in [6.07, 6.45) is 7.43. The summed E-state index contributed by atoms with van der Waals surface area (Å²) in [7, 11) is 0. The Balaban J connectivity index is 4.80. The second-order valence-corrected chi connectivity index (χ2v) is 26.6. The van der Waals surface area contributed by atoms with Crippen molar-refractivity contribution in [3.8, 4) is 0 Å². The molecule has 0 aromatic heterocycles. The van der Waals surface area contributed by atoms with Crippen molar-refractivity contribution in [3.63, 3.8) is 0 Å². The predicted octanol–water partition coefficient (Wildman–Crippen LogP) is 7.03. The Morgan fingerprint density at radius 1 is 0.571 bits per heavy atom. The van der Waals surface area contributed by atoms with E-state index in [1.54, 1.807) is 0 Å². The fraction of sp³-hybridized carbons (Fsp3) is 1.00. The van der Waals surface area contributed by atoms with Crippen LogP contribution in [0.5, 0.6) is 0 Å². The van der Waals surface area contributed by atoms with Gasteiger partial charge in [0.15, 0.2) is 0 Å². The Labute approximate surface area is 142 Å². The summed E-state index contributed by atoms with van der Waals surface area (Å²) in [6.45, 7) is 8.30. The summed E-state index contributed by atoms with van der Waals surface area (Å²) in [4.78, 5) is 0. The third-order valence-electron chi connectivity index (χ3n) is 3.98. The van der Waals surface area contributed by atoms with Crippen LogP contribution in [0.1, 0.15) is 79.1 Å². The van der Waals surface area contributed by atoms with Gasteiger partial charge in [-0.15, -0.1) is 0 Å². The van der Waals surface area contributed by atoms with E-state index in [1.165, 1.54) is 0 Å². The third kappa shape index (κ3) is 10.7. The van der Waals surface area contributed by atoms with Crippen LogP contribution in [-0.4, -0.2) is 38.7 Å². The van der Waals surface area contributed by atoms with Gasteiger partial charge in [-0.3, -0.25) is 0 Å². The molecule has 5 heteroatoms. The first-order valence-electron chi connectivity index (χ1n) is 9.03. The van der Waals surface area contributed by atoms with Gasteiger partial charge in [-0.05, 0) is 0 Å². The van der Waals surface area contributed by atoms with Crippen LogP contribution in [0.15, 0.2) is 0 Å². The van der Waals surface area contributed by atoms with Crippen LogP contribution in [0.25, 0.3) is 0 Å². The van der Waals surface area contributed by atoms with Crippen molar-refractivity contribution in [2.24, 2.45) is 0 Å². The number of halogens is 2. The van der Waals surface area contributed by atoms with Crippen LogP contribution < -0.4 is 0 Å². The molecule has 0 aliphatic carbocycles. The second-order valence-electron chi connectivity index (χ2n) is 6.28. The topological polar surface area (TPSA) is 9.23 Å².